The van der Waals surface area contributed by atoms with Crippen molar-refractivity contribution in [1.29, 1.82) is 0 Å². The number of pyridine rings is 1. The molecular weight excluding hydrogens is 552 g/mol. The average Bonchev–Trinajstić information content (AvgIpc) is 3.41. The number of rotatable bonds is 9. The maximum absolute atomic E-state index is 12.5. The van der Waals surface area contributed by atoms with Crippen molar-refractivity contribution < 1.29 is 14.6 Å². The number of tetrazole rings is 1. The van der Waals surface area contributed by atoms with E-state index in [2.05, 4.69) is 43.7 Å². The van der Waals surface area contributed by atoms with Crippen molar-refractivity contribution in [1.82, 2.24) is 35.4 Å². The van der Waals surface area contributed by atoms with Crippen molar-refractivity contribution in [3.8, 4) is 28.1 Å². The number of imidazole rings is 1. The molecule has 1 amide bonds. The smallest absolute Gasteiger partial charge is 0.293 e. The predicted molar refractivity (Wildman–Crippen MR) is 156 cm³/mol. The molecule has 1 unspecified atom stereocenters. The molecule has 10 nitrogen and oxygen atoms in total. The molecule has 0 aliphatic heterocycles. The van der Waals surface area contributed by atoms with Gasteiger partial charge in [-0.05, 0) is 61.6 Å². The third-order valence-electron chi connectivity index (χ3n) is 8.14. The molecule has 2 fully saturated rings. The van der Waals surface area contributed by atoms with Gasteiger partial charge in [0, 0.05) is 45.7 Å². The van der Waals surface area contributed by atoms with E-state index in [4.69, 9.17) is 21.6 Å². The summed E-state index contributed by atoms with van der Waals surface area (Å²) in [5.74, 6) is 0.563. The SMILES string of the molecule is O=C(NC1CC(O)C1)c1ccc(-c2cn(C(CC3CC3)c3ccc(-c4cc(Cl)ccc4-[n+]4cnn[nH]4)cn3)cn2)cc1. The summed E-state index contributed by atoms with van der Waals surface area (Å²) in [7, 11) is 0. The predicted octanol–water partition coefficient (Wildman–Crippen LogP) is 4.30. The summed E-state index contributed by atoms with van der Waals surface area (Å²) in [6.45, 7) is 0. The molecule has 2 aliphatic rings. The number of aromatic nitrogens is 7. The fraction of sp³-hybridized carbons (Fsp3) is 0.290. The lowest BCUT2D eigenvalue weighted by atomic mass is 9.89. The lowest BCUT2D eigenvalue weighted by molar-refractivity contribution is -0.659. The second kappa shape index (κ2) is 11.1. The molecule has 42 heavy (non-hydrogen) atoms. The Bertz CT molecular complexity index is 1690. The first kappa shape index (κ1) is 26.5. The minimum absolute atomic E-state index is 0.0500. The van der Waals surface area contributed by atoms with Crippen molar-refractivity contribution in [2.45, 2.75) is 50.3 Å². The molecule has 0 bridgehead atoms. The van der Waals surface area contributed by atoms with Gasteiger partial charge in [0.2, 0.25) is 0 Å². The molecular formula is C31H30ClN8O2+. The maximum atomic E-state index is 12.5. The van der Waals surface area contributed by atoms with Crippen LogP contribution in [-0.4, -0.2) is 53.2 Å². The molecule has 2 aromatic carbocycles. The monoisotopic (exact) mass is 581 g/mol. The van der Waals surface area contributed by atoms with E-state index in [1.807, 2.05) is 55.0 Å². The van der Waals surface area contributed by atoms with Gasteiger partial charge in [0.25, 0.3) is 12.2 Å². The third kappa shape index (κ3) is 5.55. The molecule has 5 aromatic rings. The van der Waals surface area contributed by atoms with Crippen LogP contribution in [0.25, 0.3) is 28.1 Å². The maximum Gasteiger partial charge on any atom is 0.293 e. The van der Waals surface area contributed by atoms with Gasteiger partial charge in [0.05, 0.1) is 29.9 Å². The average molecular weight is 582 g/mol. The van der Waals surface area contributed by atoms with E-state index in [0.717, 1.165) is 40.2 Å². The Morgan fingerprint density at radius 2 is 1.90 bits per heavy atom. The molecule has 3 N–H and O–H groups in total. The summed E-state index contributed by atoms with van der Waals surface area (Å²) in [6, 6.07) is 17.4. The van der Waals surface area contributed by atoms with Gasteiger partial charge in [0.15, 0.2) is 5.21 Å². The van der Waals surface area contributed by atoms with Crippen molar-refractivity contribution in [2.75, 3.05) is 0 Å². The lowest BCUT2D eigenvalue weighted by Crippen LogP contribution is -2.46. The largest absolute Gasteiger partial charge is 0.393 e. The molecule has 3 aromatic heterocycles. The van der Waals surface area contributed by atoms with Crippen LogP contribution in [0.2, 0.25) is 5.02 Å². The Labute approximate surface area is 247 Å². The molecule has 7 rings (SSSR count). The van der Waals surface area contributed by atoms with Gasteiger partial charge in [-0.2, -0.15) is 0 Å². The highest BCUT2D eigenvalue weighted by atomic mass is 35.5. The lowest BCUT2D eigenvalue weighted by Gasteiger charge is -2.31. The first-order valence-corrected chi connectivity index (χ1v) is 14.5. The Hall–Kier alpha value is -4.41. The van der Waals surface area contributed by atoms with E-state index >= 15 is 0 Å². The minimum Gasteiger partial charge on any atom is -0.393 e. The molecule has 0 radical (unpaired) electrons. The van der Waals surface area contributed by atoms with E-state index < -0.39 is 0 Å². The zero-order chi connectivity index (χ0) is 28.6. The van der Waals surface area contributed by atoms with Crippen molar-refractivity contribution >= 4 is 17.5 Å². The summed E-state index contributed by atoms with van der Waals surface area (Å²) >= 11 is 6.35. The minimum atomic E-state index is -0.301. The van der Waals surface area contributed by atoms with Crippen LogP contribution in [0.15, 0.2) is 79.6 Å². The number of nitrogens with zero attached hydrogens (tertiary/aromatic N) is 6. The number of hydrogen-bond donors (Lipinski definition) is 3. The Morgan fingerprint density at radius 1 is 1.10 bits per heavy atom. The van der Waals surface area contributed by atoms with E-state index in [1.165, 1.54) is 12.8 Å². The number of hydrogen-bond acceptors (Lipinski definition) is 6. The highest BCUT2D eigenvalue weighted by Crippen LogP contribution is 2.39. The van der Waals surface area contributed by atoms with E-state index in [-0.39, 0.29) is 24.1 Å². The zero-order valence-corrected chi connectivity index (χ0v) is 23.5. The number of carbonyl (C=O) groups excluding carboxylic acids is 1. The molecule has 3 heterocycles. The van der Waals surface area contributed by atoms with E-state index in [9.17, 15) is 9.90 Å². The Morgan fingerprint density at radius 3 is 2.60 bits per heavy atom. The molecule has 0 spiro atoms. The summed E-state index contributed by atoms with van der Waals surface area (Å²) in [5, 5.41) is 23.6. The van der Waals surface area contributed by atoms with E-state index in [0.29, 0.717) is 29.3 Å². The zero-order valence-electron chi connectivity index (χ0n) is 22.8. The Balaban J connectivity index is 1.11. The number of benzene rings is 2. The highest BCUT2D eigenvalue weighted by Gasteiger charge is 2.29. The number of nitrogens with one attached hydrogen (secondary N) is 2. The normalized spacial score (nSPS) is 18.8. The van der Waals surface area contributed by atoms with Crippen LogP contribution in [0.4, 0.5) is 0 Å². The summed E-state index contributed by atoms with van der Waals surface area (Å²) in [4.78, 5) is 22.2. The van der Waals surface area contributed by atoms with Gasteiger partial charge in [-0.3, -0.25) is 9.78 Å². The van der Waals surface area contributed by atoms with Crippen molar-refractivity contribution in [3.05, 3.63) is 95.9 Å². The molecule has 0 saturated heterocycles. The molecule has 212 valence electrons. The highest BCUT2D eigenvalue weighted by molar-refractivity contribution is 6.31. The van der Waals surface area contributed by atoms with Gasteiger partial charge in [-0.25, -0.2) is 4.98 Å². The van der Waals surface area contributed by atoms with Gasteiger partial charge >= 0.3 is 0 Å². The van der Waals surface area contributed by atoms with Crippen LogP contribution in [-0.2, 0) is 0 Å². The number of aliphatic hydroxyl groups excluding tert-OH is 1. The fourth-order valence-corrected chi connectivity index (χ4v) is 5.66. The first-order chi connectivity index (χ1) is 20.5. The molecule has 1 atom stereocenters. The number of amides is 1. The molecule has 11 heteroatoms. The van der Waals surface area contributed by atoms with Crippen LogP contribution in [0.5, 0.6) is 0 Å². The van der Waals surface area contributed by atoms with Gasteiger partial charge in [-0.1, -0.05) is 47.9 Å². The number of aromatic amines is 1. The van der Waals surface area contributed by atoms with Gasteiger partial charge in [0.1, 0.15) is 10.8 Å². The number of carbonyl (C=O) groups is 1. The topological polar surface area (TPSA) is 125 Å². The Kier molecular flexibility index (Phi) is 7.01. The number of H-pyrrole nitrogens is 1. The second-order valence-corrected chi connectivity index (χ2v) is 11.6. The second-order valence-electron chi connectivity index (χ2n) is 11.2. The van der Waals surface area contributed by atoms with Crippen LogP contribution in [0.3, 0.4) is 0 Å². The summed E-state index contributed by atoms with van der Waals surface area (Å²) in [6.07, 6.45) is 11.8. The van der Waals surface area contributed by atoms with Crippen LogP contribution >= 0.6 is 11.6 Å². The number of halogens is 1. The van der Waals surface area contributed by atoms with Crippen molar-refractivity contribution in [3.63, 3.8) is 0 Å². The third-order valence-corrected chi connectivity index (χ3v) is 8.38. The summed E-state index contributed by atoms with van der Waals surface area (Å²) in [5.41, 5.74) is 6.09. The van der Waals surface area contributed by atoms with Crippen molar-refractivity contribution in [2.24, 2.45) is 5.92 Å². The molecule has 2 saturated carbocycles. The summed E-state index contributed by atoms with van der Waals surface area (Å²) < 4.78 is 3.89. The standard InChI is InChI=1S/C31H29ClN8O2/c32-23-8-10-29(40-18-35-37-38-40)26(12-23)22-7-9-27(33-15-22)30(11-19-1-2-19)39-16-28(34-17-39)20-3-5-21(6-4-20)31(42)36-24-13-25(41)14-24/h3-10,12,15-19,24-25,30,41H,1-2,11,13-14H2,(H,36,42)/p+1. The number of aliphatic hydroxyl groups is 1. The van der Waals surface area contributed by atoms with E-state index in [1.54, 1.807) is 11.0 Å². The van der Waals surface area contributed by atoms with Gasteiger partial charge < -0.3 is 15.0 Å². The van der Waals surface area contributed by atoms with Gasteiger partial charge in [-0.15, -0.1) is 4.68 Å². The van der Waals surface area contributed by atoms with Crippen LogP contribution in [0.1, 0.15) is 54.2 Å². The fourth-order valence-electron chi connectivity index (χ4n) is 5.49. The quantitative estimate of drug-likeness (QED) is 0.223. The molecule has 2 aliphatic carbocycles. The van der Waals surface area contributed by atoms with Crippen LogP contribution < -0.4 is 10.00 Å². The van der Waals surface area contributed by atoms with Crippen LogP contribution in [0, 0.1) is 5.92 Å². The first-order valence-electron chi connectivity index (χ1n) is 14.2.